The Morgan fingerprint density at radius 3 is 2.20 bits per heavy atom. The number of amides is 1. The lowest BCUT2D eigenvalue weighted by Gasteiger charge is -2.22. The fourth-order valence-corrected chi connectivity index (χ4v) is 3.83. The van der Waals surface area contributed by atoms with Crippen LogP contribution in [0.4, 0.5) is 11.4 Å². The third-order valence-corrected chi connectivity index (χ3v) is 5.86. The highest BCUT2D eigenvalue weighted by atomic mass is 79.9. The number of anilines is 2. The summed E-state index contributed by atoms with van der Waals surface area (Å²) in [5.74, 6) is 0.228. The molecule has 0 saturated carbocycles. The summed E-state index contributed by atoms with van der Waals surface area (Å²) in [5.41, 5.74) is 2.03. The highest BCUT2D eigenvalue weighted by Gasteiger charge is 2.20. The Balaban J connectivity index is 1.61. The van der Waals surface area contributed by atoms with Gasteiger partial charge >= 0.3 is 0 Å². The van der Waals surface area contributed by atoms with Crippen LogP contribution in [-0.4, -0.2) is 27.1 Å². The molecule has 0 spiro atoms. The molecule has 30 heavy (non-hydrogen) atoms. The van der Waals surface area contributed by atoms with Gasteiger partial charge in [0, 0.05) is 10.2 Å². The second-order valence-electron chi connectivity index (χ2n) is 6.59. The Labute approximate surface area is 184 Å². The second kappa shape index (κ2) is 9.77. The molecule has 0 atom stereocenters. The quantitative estimate of drug-likeness (QED) is 0.508. The molecule has 8 heteroatoms. The molecule has 6 nitrogen and oxygen atoms in total. The number of nitrogens with zero attached hydrogens (tertiary/aromatic N) is 1. The first-order chi connectivity index (χ1) is 14.3. The average Bonchev–Trinajstić information content (AvgIpc) is 2.72. The van der Waals surface area contributed by atoms with Crippen LogP contribution in [0.3, 0.4) is 0 Å². The van der Waals surface area contributed by atoms with Gasteiger partial charge in [-0.05, 0) is 54.1 Å². The van der Waals surface area contributed by atoms with Crippen molar-refractivity contribution in [1.29, 1.82) is 0 Å². The normalized spacial score (nSPS) is 11.0. The van der Waals surface area contributed by atoms with Gasteiger partial charge in [-0.3, -0.25) is 9.10 Å². The van der Waals surface area contributed by atoms with Gasteiger partial charge in [0.1, 0.15) is 18.9 Å². The van der Waals surface area contributed by atoms with E-state index >= 15 is 0 Å². The summed E-state index contributed by atoms with van der Waals surface area (Å²) in [6, 6.07) is 23.4. The third-order valence-electron chi connectivity index (χ3n) is 4.19. The molecule has 1 amide bonds. The van der Waals surface area contributed by atoms with E-state index in [2.05, 4.69) is 21.2 Å². The van der Waals surface area contributed by atoms with Crippen molar-refractivity contribution >= 4 is 43.2 Å². The molecule has 0 bridgehead atoms. The summed E-state index contributed by atoms with van der Waals surface area (Å²) >= 11 is 3.31. The van der Waals surface area contributed by atoms with E-state index in [1.165, 1.54) is 0 Å². The first-order valence-corrected chi connectivity index (χ1v) is 11.8. The first-order valence-electron chi connectivity index (χ1n) is 9.11. The minimum absolute atomic E-state index is 0.327. The van der Waals surface area contributed by atoms with Crippen LogP contribution in [0.1, 0.15) is 5.56 Å². The summed E-state index contributed by atoms with van der Waals surface area (Å²) < 4.78 is 31.9. The topological polar surface area (TPSA) is 75.7 Å². The molecule has 0 unspecified atom stereocenters. The molecule has 0 heterocycles. The van der Waals surface area contributed by atoms with Crippen LogP contribution in [0.15, 0.2) is 83.3 Å². The Hall–Kier alpha value is -2.84. The van der Waals surface area contributed by atoms with E-state index in [-0.39, 0.29) is 6.54 Å². The summed E-state index contributed by atoms with van der Waals surface area (Å²) in [7, 11) is -3.62. The van der Waals surface area contributed by atoms with Crippen molar-refractivity contribution in [3.05, 3.63) is 88.9 Å². The van der Waals surface area contributed by atoms with E-state index in [1.807, 2.05) is 30.3 Å². The van der Waals surface area contributed by atoms with Crippen molar-refractivity contribution in [2.75, 3.05) is 22.4 Å². The minimum atomic E-state index is -3.62. The monoisotopic (exact) mass is 488 g/mol. The lowest BCUT2D eigenvalue weighted by Crippen LogP contribution is -2.37. The van der Waals surface area contributed by atoms with Crippen molar-refractivity contribution < 1.29 is 17.9 Å². The Bertz CT molecular complexity index is 1090. The maximum absolute atomic E-state index is 12.4. The summed E-state index contributed by atoms with van der Waals surface area (Å²) in [4.78, 5) is 12.4. The predicted molar refractivity (Wildman–Crippen MR) is 122 cm³/mol. The smallest absolute Gasteiger partial charge is 0.245 e. The average molecular weight is 489 g/mol. The Morgan fingerprint density at radius 2 is 1.60 bits per heavy atom. The van der Waals surface area contributed by atoms with Crippen LogP contribution in [-0.2, 0) is 21.4 Å². The molecule has 0 aromatic heterocycles. The molecule has 1 N–H and O–H groups in total. The van der Waals surface area contributed by atoms with Crippen molar-refractivity contribution in [2.45, 2.75) is 6.61 Å². The number of rotatable bonds is 8. The number of carbonyl (C=O) groups excluding carboxylic acids is 1. The number of carbonyl (C=O) groups is 1. The molecule has 0 saturated heterocycles. The van der Waals surface area contributed by atoms with Crippen LogP contribution in [0.25, 0.3) is 0 Å². The number of hydrogen-bond acceptors (Lipinski definition) is 4. The molecule has 0 radical (unpaired) electrons. The SMILES string of the molecule is CS(=O)(=O)N(CC(=O)Nc1ccc(OCc2ccccc2)cc1)c1ccc(Br)cc1. The molecular formula is C22H21BrN2O4S. The zero-order valence-electron chi connectivity index (χ0n) is 16.3. The number of hydrogen-bond donors (Lipinski definition) is 1. The van der Waals surface area contributed by atoms with Crippen LogP contribution in [0.5, 0.6) is 5.75 Å². The largest absolute Gasteiger partial charge is 0.489 e. The number of sulfonamides is 1. The first kappa shape index (κ1) is 21.9. The van der Waals surface area contributed by atoms with Crippen LogP contribution in [0, 0.1) is 0 Å². The molecule has 0 aliphatic heterocycles. The van der Waals surface area contributed by atoms with E-state index in [0.717, 1.165) is 20.6 Å². The van der Waals surface area contributed by atoms with Crippen LogP contribution >= 0.6 is 15.9 Å². The van der Waals surface area contributed by atoms with Crippen LogP contribution in [0.2, 0.25) is 0 Å². The molecule has 0 aliphatic carbocycles. The second-order valence-corrected chi connectivity index (χ2v) is 9.42. The van der Waals surface area contributed by atoms with E-state index < -0.39 is 15.9 Å². The predicted octanol–water partition coefficient (Wildman–Crippen LogP) is 4.43. The van der Waals surface area contributed by atoms with E-state index in [9.17, 15) is 13.2 Å². The summed E-state index contributed by atoms with van der Waals surface area (Å²) in [5, 5.41) is 2.72. The highest BCUT2D eigenvalue weighted by molar-refractivity contribution is 9.10. The highest BCUT2D eigenvalue weighted by Crippen LogP contribution is 2.21. The van der Waals surface area contributed by atoms with Gasteiger partial charge in [-0.2, -0.15) is 0 Å². The van der Waals surface area contributed by atoms with Crippen LogP contribution < -0.4 is 14.4 Å². The number of halogens is 1. The molecule has 3 aromatic rings. The lowest BCUT2D eigenvalue weighted by molar-refractivity contribution is -0.114. The van der Waals surface area contributed by atoms with Crippen molar-refractivity contribution in [3.63, 3.8) is 0 Å². The lowest BCUT2D eigenvalue weighted by atomic mass is 10.2. The number of benzene rings is 3. The van der Waals surface area contributed by atoms with Crippen molar-refractivity contribution in [3.8, 4) is 5.75 Å². The Morgan fingerprint density at radius 1 is 0.967 bits per heavy atom. The molecular weight excluding hydrogens is 468 g/mol. The van der Waals surface area contributed by atoms with E-state index in [4.69, 9.17) is 4.74 Å². The van der Waals surface area contributed by atoms with Gasteiger partial charge in [0.15, 0.2) is 0 Å². The Kier molecular flexibility index (Phi) is 7.12. The number of nitrogens with one attached hydrogen (secondary N) is 1. The zero-order chi connectivity index (χ0) is 21.6. The van der Waals surface area contributed by atoms with Gasteiger partial charge in [-0.1, -0.05) is 46.3 Å². The van der Waals surface area contributed by atoms with E-state index in [0.29, 0.717) is 23.7 Å². The molecule has 156 valence electrons. The fraction of sp³-hybridized carbons (Fsp3) is 0.136. The maximum Gasteiger partial charge on any atom is 0.245 e. The van der Waals surface area contributed by atoms with Crippen molar-refractivity contribution in [2.24, 2.45) is 0 Å². The molecule has 3 aromatic carbocycles. The molecule has 0 fully saturated rings. The van der Waals surface area contributed by atoms with E-state index in [1.54, 1.807) is 48.5 Å². The minimum Gasteiger partial charge on any atom is -0.489 e. The molecule has 0 aliphatic rings. The number of ether oxygens (including phenoxy) is 1. The zero-order valence-corrected chi connectivity index (χ0v) is 18.7. The van der Waals surface area contributed by atoms with Gasteiger partial charge in [-0.15, -0.1) is 0 Å². The van der Waals surface area contributed by atoms with Gasteiger partial charge < -0.3 is 10.1 Å². The fourth-order valence-electron chi connectivity index (χ4n) is 2.71. The third kappa shape index (κ3) is 6.33. The van der Waals surface area contributed by atoms with Crippen molar-refractivity contribution in [1.82, 2.24) is 0 Å². The maximum atomic E-state index is 12.4. The van der Waals surface area contributed by atoms with Gasteiger partial charge in [0.2, 0.25) is 15.9 Å². The summed E-state index contributed by atoms with van der Waals surface area (Å²) in [6.07, 6.45) is 1.07. The van der Waals surface area contributed by atoms with Gasteiger partial charge in [0.05, 0.1) is 11.9 Å². The van der Waals surface area contributed by atoms with Gasteiger partial charge in [0.25, 0.3) is 0 Å². The standard InChI is InChI=1S/C22H21BrN2O4S/c1-30(27,28)25(20-11-7-18(23)8-12-20)15-22(26)24-19-9-13-21(14-10-19)29-16-17-5-3-2-4-6-17/h2-14H,15-16H2,1H3,(H,24,26). The van der Waals surface area contributed by atoms with Gasteiger partial charge in [-0.25, -0.2) is 8.42 Å². The molecule has 3 rings (SSSR count). The summed E-state index contributed by atoms with van der Waals surface area (Å²) in [6.45, 7) is 0.121.